The number of hydrogen-bond donors (Lipinski definition) is 1. The summed E-state index contributed by atoms with van der Waals surface area (Å²) in [7, 11) is 0. The molecule has 0 bridgehead atoms. The maximum atomic E-state index is 12.4. The van der Waals surface area contributed by atoms with E-state index in [2.05, 4.69) is 29.4 Å². The van der Waals surface area contributed by atoms with Gasteiger partial charge >= 0.3 is 0 Å². The molecule has 0 atom stereocenters. The maximum Gasteiger partial charge on any atom is 0.230 e. The van der Waals surface area contributed by atoms with Crippen molar-refractivity contribution in [3.63, 3.8) is 0 Å². The van der Waals surface area contributed by atoms with E-state index in [9.17, 15) is 9.59 Å². The van der Waals surface area contributed by atoms with Crippen molar-refractivity contribution >= 4 is 34.5 Å². The van der Waals surface area contributed by atoms with Gasteiger partial charge in [0.2, 0.25) is 11.8 Å². The Hall–Kier alpha value is -2.99. The van der Waals surface area contributed by atoms with Crippen molar-refractivity contribution < 1.29 is 9.59 Å². The average Bonchev–Trinajstić information content (AvgIpc) is 3.29. The predicted molar refractivity (Wildman–Crippen MR) is 113 cm³/mol. The Kier molecular flexibility index (Phi) is 4.96. The summed E-state index contributed by atoms with van der Waals surface area (Å²) in [5.41, 5.74) is 5.82. The van der Waals surface area contributed by atoms with Crippen LogP contribution in [0.25, 0.3) is 10.6 Å². The fraction of sp³-hybridized carbons (Fsp3) is 0.227. The minimum absolute atomic E-state index is 0.0449. The van der Waals surface area contributed by atoms with Crippen molar-refractivity contribution in [2.24, 2.45) is 0 Å². The summed E-state index contributed by atoms with van der Waals surface area (Å²) in [5.74, 6) is -0.0504. The van der Waals surface area contributed by atoms with E-state index in [0.29, 0.717) is 6.54 Å². The van der Waals surface area contributed by atoms with Crippen LogP contribution < -0.4 is 10.2 Å². The second-order valence-electron chi connectivity index (χ2n) is 7.00. The molecule has 5 nitrogen and oxygen atoms in total. The SMILES string of the molecule is CC(=O)N1CCc2cc(NC(=O)Cc3csc(-c4ccc(C)cc4)n3)ccc21. The van der Waals surface area contributed by atoms with E-state index in [-0.39, 0.29) is 18.2 Å². The molecule has 0 aliphatic carbocycles. The number of anilines is 2. The average molecular weight is 391 g/mol. The molecule has 0 saturated carbocycles. The van der Waals surface area contributed by atoms with Gasteiger partial charge in [-0.25, -0.2) is 4.98 Å². The molecule has 3 aromatic rings. The molecule has 2 amide bonds. The lowest BCUT2D eigenvalue weighted by Gasteiger charge is -2.15. The van der Waals surface area contributed by atoms with Gasteiger partial charge in [-0.15, -0.1) is 11.3 Å². The van der Waals surface area contributed by atoms with Crippen LogP contribution in [-0.2, 0) is 22.4 Å². The van der Waals surface area contributed by atoms with E-state index in [1.807, 2.05) is 35.7 Å². The first-order chi connectivity index (χ1) is 13.5. The third kappa shape index (κ3) is 3.82. The van der Waals surface area contributed by atoms with Gasteiger partial charge in [-0.2, -0.15) is 0 Å². The zero-order valence-electron chi connectivity index (χ0n) is 15.9. The molecule has 0 radical (unpaired) electrons. The fourth-order valence-corrected chi connectivity index (χ4v) is 4.22. The van der Waals surface area contributed by atoms with Gasteiger partial charge in [-0.05, 0) is 37.1 Å². The predicted octanol–water partition coefficient (Wildman–Crippen LogP) is 4.21. The first-order valence-corrected chi connectivity index (χ1v) is 10.1. The van der Waals surface area contributed by atoms with Crippen molar-refractivity contribution in [1.29, 1.82) is 0 Å². The van der Waals surface area contributed by atoms with Crippen molar-refractivity contribution in [3.8, 4) is 10.6 Å². The Bertz CT molecular complexity index is 1040. The number of hydrogen-bond acceptors (Lipinski definition) is 4. The Morgan fingerprint density at radius 3 is 2.71 bits per heavy atom. The van der Waals surface area contributed by atoms with Crippen LogP contribution in [-0.4, -0.2) is 23.3 Å². The van der Waals surface area contributed by atoms with E-state index in [1.165, 1.54) is 5.56 Å². The second kappa shape index (κ2) is 7.56. The molecule has 1 aliphatic heterocycles. The molecule has 0 saturated heterocycles. The molecule has 28 heavy (non-hydrogen) atoms. The van der Waals surface area contributed by atoms with Gasteiger partial charge in [-0.1, -0.05) is 29.8 Å². The number of carbonyl (C=O) groups is 2. The first kappa shape index (κ1) is 18.4. The standard InChI is InChI=1S/C22H21N3O2S/c1-14-3-5-16(6-4-14)22-24-19(13-28-22)12-21(27)23-18-7-8-20-17(11-18)9-10-25(20)15(2)26/h3-8,11,13H,9-10,12H2,1-2H3,(H,23,27). The lowest BCUT2D eigenvalue weighted by Crippen LogP contribution is -2.25. The molecule has 1 aromatic heterocycles. The number of aryl methyl sites for hydroxylation is 1. The van der Waals surface area contributed by atoms with Gasteiger partial charge in [0.25, 0.3) is 0 Å². The summed E-state index contributed by atoms with van der Waals surface area (Å²) in [6.45, 7) is 4.32. The monoisotopic (exact) mass is 391 g/mol. The summed E-state index contributed by atoms with van der Waals surface area (Å²) in [4.78, 5) is 30.4. The van der Waals surface area contributed by atoms with E-state index in [4.69, 9.17) is 0 Å². The molecule has 2 heterocycles. The molecule has 1 N–H and O–H groups in total. The third-order valence-electron chi connectivity index (χ3n) is 4.83. The van der Waals surface area contributed by atoms with E-state index in [1.54, 1.807) is 23.2 Å². The Morgan fingerprint density at radius 1 is 1.18 bits per heavy atom. The van der Waals surface area contributed by atoms with Crippen molar-refractivity contribution in [2.45, 2.75) is 26.7 Å². The summed E-state index contributed by atoms with van der Waals surface area (Å²) in [6, 6.07) is 13.9. The Balaban J connectivity index is 1.41. The van der Waals surface area contributed by atoms with E-state index in [0.717, 1.165) is 39.6 Å². The highest BCUT2D eigenvalue weighted by atomic mass is 32.1. The van der Waals surface area contributed by atoms with Crippen LogP contribution in [0.2, 0.25) is 0 Å². The summed E-state index contributed by atoms with van der Waals surface area (Å²) in [6.07, 6.45) is 1.05. The van der Waals surface area contributed by atoms with Gasteiger partial charge in [0.05, 0.1) is 12.1 Å². The van der Waals surface area contributed by atoms with Gasteiger partial charge in [-0.3, -0.25) is 9.59 Å². The van der Waals surface area contributed by atoms with Crippen LogP contribution in [0.15, 0.2) is 47.8 Å². The van der Waals surface area contributed by atoms with Crippen LogP contribution in [0.4, 0.5) is 11.4 Å². The summed E-state index contributed by atoms with van der Waals surface area (Å²) >= 11 is 1.55. The third-order valence-corrected chi connectivity index (χ3v) is 5.77. The van der Waals surface area contributed by atoms with E-state index >= 15 is 0 Å². The lowest BCUT2D eigenvalue weighted by atomic mass is 10.1. The van der Waals surface area contributed by atoms with Gasteiger partial charge in [0.15, 0.2) is 0 Å². The number of aromatic nitrogens is 1. The minimum Gasteiger partial charge on any atom is -0.326 e. The van der Waals surface area contributed by atoms with E-state index < -0.39 is 0 Å². The van der Waals surface area contributed by atoms with Crippen molar-refractivity contribution in [1.82, 2.24) is 4.98 Å². The normalized spacial score (nSPS) is 12.7. The molecule has 2 aromatic carbocycles. The highest BCUT2D eigenvalue weighted by Gasteiger charge is 2.22. The highest BCUT2D eigenvalue weighted by molar-refractivity contribution is 7.13. The Morgan fingerprint density at radius 2 is 1.96 bits per heavy atom. The quantitative estimate of drug-likeness (QED) is 0.725. The number of nitrogens with zero attached hydrogens (tertiary/aromatic N) is 2. The van der Waals surface area contributed by atoms with Crippen LogP contribution in [0.1, 0.15) is 23.7 Å². The zero-order chi connectivity index (χ0) is 19.7. The van der Waals surface area contributed by atoms with Crippen LogP contribution in [0.3, 0.4) is 0 Å². The molecule has 142 valence electrons. The largest absolute Gasteiger partial charge is 0.326 e. The molecular weight excluding hydrogens is 370 g/mol. The number of amides is 2. The van der Waals surface area contributed by atoms with Gasteiger partial charge < -0.3 is 10.2 Å². The van der Waals surface area contributed by atoms with Crippen molar-refractivity contribution in [2.75, 3.05) is 16.8 Å². The number of thiazole rings is 1. The maximum absolute atomic E-state index is 12.4. The second-order valence-corrected chi connectivity index (χ2v) is 7.86. The lowest BCUT2D eigenvalue weighted by molar-refractivity contribution is -0.117. The van der Waals surface area contributed by atoms with Gasteiger partial charge in [0, 0.05) is 35.8 Å². The van der Waals surface area contributed by atoms with Crippen LogP contribution in [0.5, 0.6) is 0 Å². The molecule has 0 fully saturated rings. The number of nitrogens with one attached hydrogen (secondary N) is 1. The molecular formula is C22H21N3O2S. The molecule has 0 spiro atoms. The Labute approximate surface area is 168 Å². The number of carbonyl (C=O) groups excluding carboxylic acids is 2. The number of fused-ring (bicyclic) bond motifs is 1. The molecule has 4 rings (SSSR count). The zero-order valence-corrected chi connectivity index (χ0v) is 16.7. The topological polar surface area (TPSA) is 62.3 Å². The summed E-state index contributed by atoms with van der Waals surface area (Å²) in [5, 5.41) is 5.80. The van der Waals surface area contributed by atoms with Gasteiger partial charge in [0.1, 0.15) is 5.01 Å². The summed E-state index contributed by atoms with van der Waals surface area (Å²) < 4.78 is 0. The van der Waals surface area contributed by atoms with Crippen LogP contribution in [0, 0.1) is 6.92 Å². The number of rotatable bonds is 4. The van der Waals surface area contributed by atoms with Crippen molar-refractivity contribution in [3.05, 3.63) is 64.7 Å². The highest BCUT2D eigenvalue weighted by Crippen LogP contribution is 2.30. The molecule has 0 unspecified atom stereocenters. The smallest absolute Gasteiger partial charge is 0.230 e. The first-order valence-electron chi connectivity index (χ1n) is 9.22. The van der Waals surface area contributed by atoms with Crippen LogP contribution >= 0.6 is 11.3 Å². The molecule has 1 aliphatic rings. The minimum atomic E-state index is -0.0953. The molecule has 6 heteroatoms. The number of benzene rings is 2. The fourth-order valence-electron chi connectivity index (χ4n) is 3.39.